The van der Waals surface area contributed by atoms with Crippen molar-refractivity contribution >= 4 is 19.3 Å². The van der Waals surface area contributed by atoms with Crippen LogP contribution in [0.25, 0.3) is 0 Å². The molecular weight excluding hydrogens is 185 g/mol. The molecule has 5 nitrogen and oxygen atoms in total. The van der Waals surface area contributed by atoms with Crippen molar-refractivity contribution in [2.75, 3.05) is 0 Å². The van der Waals surface area contributed by atoms with Gasteiger partial charge in [-0.25, -0.2) is 0 Å². The maximum absolute atomic E-state index is 10.8. The minimum Gasteiger partial charge on any atom is -0.426 e. The molecule has 1 fully saturated rings. The second-order valence-electron chi connectivity index (χ2n) is 3.52. The monoisotopic (exact) mass is 199 g/mol. The lowest BCUT2D eigenvalue weighted by Gasteiger charge is -2.30. The van der Waals surface area contributed by atoms with E-state index in [1.165, 1.54) is 6.92 Å². The van der Waals surface area contributed by atoms with Crippen molar-refractivity contribution in [2.45, 2.75) is 38.2 Å². The highest BCUT2D eigenvalue weighted by Gasteiger charge is 2.34. The van der Waals surface area contributed by atoms with E-state index in [2.05, 4.69) is 5.32 Å². The minimum atomic E-state index is -1.00. The molecular formula is C8H14BNO4. The van der Waals surface area contributed by atoms with Crippen molar-refractivity contribution < 1.29 is 19.3 Å². The van der Waals surface area contributed by atoms with E-state index >= 15 is 0 Å². The lowest BCUT2D eigenvalue weighted by molar-refractivity contribution is -0.119. The zero-order chi connectivity index (χ0) is 10.6. The molecule has 0 unspecified atom stereocenters. The van der Waals surface area contributed by atoms with Crippen LogP contribution < -0.4 is 5.32 Å². The van der Waals surface area contributed by atoms with E-state index in [-0.39, 0.29) is 17.8 Å². The highest BCUT2D eigenvalue weighted by atomic mass is 16.5. The SMILES string of the molecule is CC(=O)C[C@@H]1CC[C@H](NC=O)B(O)O1. The van der Waals surface area contributed by atoms with Gasteiger partial charge in [-0.2, -0.15) is 0 Å². The summed E-state index contributed by atoms with van der Waals surface area (Å²) >= 11 is 0. The van der Waals surface area contributed by atoms with E-state index < -0.39 is 7.12 Å². The first kappa shape index (κ1) is 11.2. The number of amides is 1. The van der Waals surface area contributed by atoms with Crippen LogP contribution in [-0.2, 0) is 14.2 Å². The normalized spacial score (nSPS) is 27.1. The molecule has 0 aromatic carbocycles. The highest BCUT2D eigenvalue weighted by Crippen LogP contribution is 2.18. The van der Waals surface area contributed by atoms with Gasteiger partial charge in [0.15, 0.2) is 0 Å². The van der Waals surface area contributed by atoms with Crippen LogP contribution in [0.5, 0.6) is 0 Å². The summed E-state index contributed by atoms with van der Waals surface area (Å²) in [4.78, 5) is 20.9. The van der Waals surface area contributed by atoms with Crippen LogP contribution in [-0.4, -0.2) is 36.4 Å². The molecule has 78 valence electrons. The Balaban J connectivity index is 2.38. The van der Waals surface area contributed by atoms with Crippen LogP contribution in [0.3, 0.4) is 0 Å². The van der Waals surface area contributed by atoms with Gasteiger partial charge >= 0.3 is 7.12 Å². The number of ketones is 1. The highest BCUT2D eigenvalue weighted by molar-refractivity contribution is 6.45. The Morgan fingerprint density at radius 1 is 1.71 bits per heavy atom. The molecule has 1 amide bonds. The van der Waals surface area contributed by atoms with Gasteiger partial charge < -0.3 is 15.0 Å². The van der Waals surface area contributed by atoms with Crippen molar-refractivity contribution in [1.29, 1.82) is 0 Å². The number of Topliss-reactive ketones (excluding diaryl/α,β-unsaturated/α-hetero) is 1. The maximum Gasteiger partial charge on any atom is 0.478 e. The molecule has 1 saturated heterocycles. The van der Waals surface area contributed by atoms with Crippen LogP contribution in [0.4, 0.5) is 0 Å². The minimum absolute atomic E-state index is 0.0454. The van der Waals surface area contributed by atoms with Gasteiger partial charge in [0.25, 0.3) is 0 Å². The van der Waals surface area contributed by atoms with Gasteiger partial charge in [-0.3, -0.25) is 9.59 Å². The van der Waals surface area contributed by atoms with E-state index in [4.69, 9.17) is 4.65 Å². The Labute approximate surface area is 83.0 Å². The molecule has 2 N–H and O–H groups in total. The van der Waals surface area contributed by atoms with Crippen molar-refractivity contribution in [3.63, 3.8) is 0 Å². The summed E-state index contributed by atoms with van der Waals surface area (Å²) in [7, 11) is -1.00. The lowest BCUT2D eigenvalue weighted by atomic mass is 9.72. The molecule has 2 atom stereocenters. The second kappa shape index (κ2) is 5.12. The van der Waals surface area contributed by atoms with Gasteiger partial charge in [-0.1, -0.05) is 0 Å². The van der Waals surface area contributed by atoms with Crippen LogP contribution in [0.2, 0.25) is 0 Å². The average molecular weight is 199 g/mol. The molecule has 1 aliphatic rings. The van der Waals surface area contributed by atoms with Crippen LogP contribution in [0, 0.1) is 0 Å². The zero-order valence-electron chi connectivity index (χ0n) is 8.10. The largest absolute Gasteiger partial charge is 0.478 e. The molecule has 0 aliphatic carbocycles. The summed E-state index contributed by atoms with van der Waals surface area (Å²) in [5, 5.41) is 11.9. The van der Waals surface area contributed by atoms with E-state index in [0.29, 0.717) is 25.7 Å². The molecule has 14 heavy (non-hydrogen) atoms. The fraction of sp³-hybridized carbons (Fsp3) is 0.750. The Kier molecular flexibility index (Phi) is 4.09. The van der Waals surface area contributed by atoms with Crippen molar-refractivity contribution in [1.82, 2.24) is 5.32 Å². The molecule has 0 saturated carbocycles. The maximum atomic E-state index is 10.8. The van der Waals surface area contributed by atoms with E-state index in [0.717, 1.165) is 0 Å². The number of carbonyl (C=O) groups excluding carboxylic acids is 2. The summed E-state index contributed by atoms with van der Waals surface area (Å²) in [5.74, 6) is -0.306. The van der Waals surface area contributed by atoms with Crippen molar-refractivity contribution in [3.05, 3.63) is 0 Å². The molecule has 0 aromatic rings. The van der Waals surface area contributed by atoms with Gasteiger partial charge in [-0.05, 0) is 19.8 Å². The fourth-order valence-electron chi connectivity index (χ4n) is 1.59. The van der Waals surface area contributed by atoms with Gasteiger partial charge in [0.05, 0.1) is 5.94 Å². The third-order valence-corrected chi connectivity index (χ3v) is 2.27. The first-order valence-electron chi connectivity index (χ1n) is 4.66. The molecule has 0 radical (unpaired) electrons. The molecule has 1 aliphatic heterocycles. The van der Waals surface area contributed by atoms with Gasteiger partial charge in [-0.15, -0.1) is 0 Å². The summed E-state index contributed by atoms with van der Waals surface area (Å²) in [6, 6.07) is 0. The van der Waals surface area contributed by atoms with Gasteiger partial charge in [0, 0.05) is 12.5 Å². The van der Waals surface area contributed by atoms with Gasteiger partial charge in [0.2, 0.25) is 6.41 Å². The predicted molar refractivity (Wildman–Crippen MR) is 50.4 cm³/mol. The quantitative estimate of drug-likeness (QED) is 0.462. The number of carbonyl (C=O) groups is 2. The fourth-order valence-corrected chi connectivity index (χ4v) is 1.59. The van der Waals surface area contributed by atoms with Crippen LogP contribution >= 0.6 is 0 Å². The molecule has 1 rings (SSSR count). The summed E-state index contributed by atoms with van der Waals surface area (Å²) in [6.45, 7) is 1.49. The number of rotatable bonds is 4. The molecule has 0 spiro atoms. The smallest absolute Gasteiger partial charge is 0.426 e. The standard InChI is InChI=1S/C8H14BNO4/c1-6(12)4-7-2-3-8(10-5-11)9(13)14-7/h5,7-8,13H,2-4H2,1H3,(H,10,11)/t7-,8-/m0/s1. The summed E-state index contributed by atoms with van der Waals surface area (Å²) in [6.07, 6.45) is 1.97. The van der Waals surface area contributed by atoms with Crippen LogP contribution in [0.15, 0.2) is 0 Å². The zero-order valence-corrected chi connectivity index (χ0v) is 8.10. The third-order valence-electron chi connectivity index (χ3n) is 2.27. The Hall–Kier alpha value is -0.875. The molecule has 0 bridgehead atoms. The lowest BCUT2D eigenvalue weighted by Crippen LogP contribution is -2.50. The Bertz CT molecular complexity index is 223. The van der Waals surface area contributed by atoms with Gasteiger partial charge in [0.1, 0.15) is 5.78 Å². The number of nitrogens with one attached hydrogen (secondary N) is 1. The Morgan fingerprint density at radius 3 is 2.93 bits per heavy atom. The molecule has 6 heteroatoms. The summed E-state index contributed by atoms with van der Waals surface area (Å²) < 4.78 is 5.18. The van der Waals surface area contributed by atoms with Crippen molar-refractivity contribution in [3.8, 4) is 0 Å². The van der Waals surface area contributed by atoms with Crippen molar-refractivity contribution in [2.24, 2.45) is 0 Å². The second-order valence-corrected chi connectivity index (χ2v) is 3.52. The topological polar surface area (TPSA) is 75.6 Å². The van der Waals surface area contributed by atoms with E-state index in [9.17, 15) is 14.6 Å². The van der Waals surface area contributed by atoms with Crippen LogP contribution in [0.1, 0.15) is 26.2 Å². The number of hydrogen-bond donors (Lipinski definition) is 2. The summed E-state index contributed by atoms with van der Waals surface area (Å²) in [5.41, 5.74) is 0. The average Bonchev–Trinajstić information content (AvgIpc) is 2.09. The van der Waals surface area contributed by atoms with E-state index in [1.807, 2.05) is 0 Å². The van der Waals surface area contributed by atoms with E-state index in [1.54, 1.807) is 0 Å². The molecule has 1 heterocycles. The predicted octanol–water partition coefficient (Wildman–Crippen LogP) is -0.721. The first-order valence-corrected chi connectivity index (χ1v) is 4.66. The molecule has 0 aromatic heterocycles. The first-order chi connectivity index (χ1) is 6.63. The third kappa shape index (κ3) is 3.12. The number of hydrogen-bond acceptors (Lipinski definition) is 4. The Morgan fingerprint density at radius 2 is 2.43 bits per heavy atom.